The van der Waals surface area contributed by atoms with Gasteiger partial charge in [0.05, 0.1) is 5.69 Å². The van der Waals surface area contributed by atoms with Gasteiger partial charge in [-0.2, -0.15) is 0 Å². The van der Waals surface area contributed by atoms with Crippen LogP contribution in [0.1, 0.15) is 6.42 Å². The van der Waals surface area contributed by atoms with Crippen LogP contribution in [0.2, 0.25) is 5.15 Å². The van der Waals surface area contributed by atoms with Crippen LogP contribution in [0.5, 0.6) is 0 Å². The molecule has 0 bridgehead atoms. The molecule has 0 aliphatic carbocycles. The second kappa shape index (κ2) is 4.95. The van der Waals surface area contributed by atoms with Gasteiger partial charge in [0.1, 0.15) is 0 Å². The van der Waals surface area contributed by atoms with Crippen molar-refractivity contribution in [3.05, 3.63) is 23.5 Å². The highest BCUT2D eigenvalue weighted by molar-refractivity contribution is 6.31. The van der Waals surface area contributed by atoms with Crippen LogP contribution in [0, 0.1) is 0 Å². The first kappa shape index (κ1) is 9.29. The van der Waals surface area contributed by atoms with E-state index in [-0.39, 0.29) is 0 Å². The number of aromatic nitrogens is 1. The minimum absolute atomic E-state index is 0.509. The van der Waals surface area contributed by atoms with Crippen LogP contribution in [0.4, 0.5) is 5.69 Å². The lowest BCUT2D eigenvalue weighted by Crippen LogP contribution is -2.08. The molecule has 3 N–H and O–H groups in total. The Morgan fingerprint density at radius 3 is 3.08 bits per heavy atom. The summed E-state index contributed by atoms with van der Waals surface area (Å²) in [4.78, 5) is 3.93. The van der Waals surface area contributed by atoms with E-state index >= 15 is 0 Å². The largest absolute Gasteiger partial charge is 0.383 e. The number of anilines is 1. The standard InChI is InChI=1S/C8H12ClN3/c9-8-7(3-1-5-12-8)11-6-2-4-10/h1,3,5,11H,2,4,6,10H2. The lowest BCUT2D eigenvalue weighted by Gasteiger charge is -2.05. The molecule has 12 heavy (non-hydrogen) atoms. The molecule has 0 saturated carbocycles. The highest BCUT2D eigenvalue weighted by atomic mass is 35.5. The smallest absolute Gasteiger partial charge is 0.152 e. The van der Waals surface area contributed by atoms with Crippen molar-refractivity contribution in [1.82, 2.24) is 4.98 Å². The van der Waals surface area contributed by atoms with E-state index in [1.54, 1.807) is 6.20 Å². The maximum Gasteiger partial charge on any atom is 0.152 e. The Bertz CT molecular complexity index is 239. The molecule has 0 aliphatic heterocycles. The molecule has 0 spiro atoms. The number of nitrogens with one attached hydrogen (secondary N) is 1. The molecule has 0 radical (unpaired) electrons. The first-order valence-corrected chi connectivity index (χ1v) is 4.27. The second-order valence-electron chi connectivity index (χ2n) is 2.41. The van der Waals surface area contributed by atoms with E-state index in [4.69, 9.17) is 17.3 Å². The van der Waals surface area contributed by atoms with Crippen molar-refractivity contribution in [1.29, 1.82) is 0 Å². The Morgan fingerprint density at radius 1 is 1.58 bits per heavy atom. The summed E-state index contributed by atoms with van der Waals surface area (Å²) in [6.45, 7) is 1.52. The summed E-state index contributed by atoms with van der Waals surface area (Å²) in [6, 6.07) is 3.74. The van der Waals surface area contributed by atoms with Crippen molar-refractivity contribution >= 4 is 17.3 Å². The molecule has 66 valence electrons. The monoisotopic (exact) mass is 185 g/mol. The predicted molar refractivity (Wildman–Crippen MR) is 51.4 cm³/mol. The summed E-state index contributed by atoms with van der Waals surface area (Å²) in [6.07, 6.45) is 2.60. The molecule has 0 aromatic carbocycles. The zero-order valence-corrected chi connectivity index (χ0v) is 7.51. The zero-order chi connectivity index (χ0) is 8.81. The maximum atomic E-state index is 5.80. The summed E-state index contributed by atoms with van der Waals surface area (Å²) >= 11 is 5.80. The average molecular weight is 186 g/mol. The average Bonchev–Trinajstić information content (AvgIpc) is 2.09. The zero-order valence-electron chi connectivity index (χ0n) is 6.76. The Morgan fingerprint density at radius 2 is 2.42 bits per heavy atom. The molecular formula is C8H12ClN3. The fraction of sp³-hybridized carbons (Fsp3) is 0.375. The summed E-state index contributed by atoms with van der Waals surface area (Å²) in [5, 5.41) is 3.65. The molecule has 0 aliphatic rings. The van der Waals surface area contributed by atoms with Crippen LogP contribution in [0.25, 0.3) is 0 Å². The van der Waals surface area contributed by atoms with Gasteiger partial charge in [0.15, 0.2) is 5.15 Å². The van der Waals surface area contributed by atoms with E-state index in [0.717, 1.165) is 18.7 Å². The van der Waals surface area contributed by atoms with Crippen LogP contribution in [0.3, 0.4) is 0 Å². The number of nitrogens with zero attached hydrogens (tertiary/aromatic N) is 1. The number of halogens is 1. The molecule has 0 saturated heterocycles. The van der Waals surface area contributed by atoms with Crippen molar-refractivity contribution in [2.75, 3.05) is 18.4 Å². The second-order valence-corrected chi connectivity index (χ2v) is 2.77. The van der Waals surface area contributed by atoms with Crippen molar-refractivity contribution in [2.24, 2.45) is 5.73 Å². The fourth-order valence-electron chi connectivity index (χ4n) is 0.843. The van der Waals surface area contributed by atoms with Crippen molar-refractivity contribution in [2.45, 2.75) is 6.42 Å². The van der Waals surface area contributed by atoms with E-state index in [1.165, 1.54) is 0 Å². The highest BCUT2D eigenvalue weighted by Crippen LogP contribution is 2.16. The minimum atomic E-state index is 0.509. The number of hydrogen-bond acceptors (Lipinski definition) is 3. The van der Waals surface area contributed by atoms with Gasteiger partial charge in [-0.3, -0.25) is 0 Å². The van der Waals surface area contributed by atoms with Gasteiger partial charge >= 0.3 is 0 Å². The number of pyridine rings is 1. The van der Waals surface area contributed by atoms with Gasteiger partial charge in [-0.1, -0.05) is 11.6 Å². The molecular weight excluding hydrogens is 174 g/mol. The number of hydrogen-bond donors (Lipinski definition) is 2. The van der Waals surface area contributed by atoms with Crippen LogP contribution >= 0.6 is 11.6 Å². The summed E-state index contributed by atoms with van der Waals surface area (Å²) in [5.74, 6) is 0. The minimum Gasteiger partial charge on any atom is -0.383 e. The Hall–Kier alpha value is -0.800. The molecule has 1 rings (SSSR count). The molecule has 3 nitrogen and oxygen atoms in total. The topological polar surface area (TPSA) is 50.9 Å². The van der Waals surface area contributed by atoms with Crippen molar-refractivity contribution in [3.8, 4) is 0 Å². The SMILES string of the molecule is NCCCNc1cccnc1Cl. The Labute approximate surface area is 76.9 Å². The molecule has 1 heterocycles. The van der Waals surface area contributed by atoms with E-state index < -0.39 is 0 Å². The Kier molecular flexibility index (Phi) is 3.84. The summed E-state index contributed by atoms with van der Waals surface area (Å²) < 4.78 is 0. The Balaban J connectivity index is 2.46. The van der Waals surface area contributed by atoms with E-state index in [9.17, 15) is 0 Å². The third-order valence-corrected chi connectivity index (χ3v) is 1.76. The van der Waals surface area contributed by atoms with Gasteiger partial charge in [0.25, 0.3) is 0 Å². The van der Waals surface area contributed by atoms with Gasteiger partial charge in [-0.25, -0.2) is 4.98 Å². The third kappa shape index (κ3) is 2.68. The molecule has 0 atom stereocenters. The molecule has 4 heteroatoms. The van der Waals surface area contributed by atoms with Crippen molar-refractivity contribution in [3.63, 3.8) is 0 Å². The van der Waals surface area contributed by atoms with Gasteiger partial charge in [0, 0.05) is 12.7 Å². The van der Waals surface area contributed by atoms with Crippen LogP contribution in [-0.2, 0) is 0 Å². The van der Waals surface area contributed by atoms with E-state index in [0.29, 0.717) is 11.7 Å². The predicted octanol–water partition coefficient (Wildman–Crippen LogP) is 1.50. The molecule has 1 aromatic rings. The number of rotatable bonds is 4. The molecule has 0 unspecified atom stereocenters. The highest BCUT2D eigenvalue weighted by Gasteiger charge is 1.96. The van der Waals surface area contributed by atoms with Gasteiger partial charge in [-0.05, 0) is 25.1 Å². The molecule has 1 aromatic heterocycles. The van der Waals surface area contributed by atoms with Crippen molar-refractivity contribution < 1.29 is 0 Å². The quantitative estimate of drug-likeness (QED) is 0.552. The van der Waals surface area contributed by atoms with Crippen LogP contribution in [0.15, 0.2) is 18.3 Å². The van der Waals surface area contributed by atoms with Gasteiger partial charge in [-0.15, -0.1) is 0 Å². The molecule has 0 amide bonds. The van der Waals surface area contributed by atoms with Crippen LogP contribution in [-0.4, -0.2) is 18.1 Å². The number of nitrogens with two attached hydrogens (primary N) is 1. The van der Waals surface area contributed by atoms with Gasteiger partial charge in [0.2, 0.25) is 0 Å². The normalized spacial score (nSPS) is 9.83. The van der Waals surface area contributed by atoms with E-state index in [1.807, 2.05) is 12.1 Å². The lowest BCUT2D eigenvalue weighted by atomic mass is 10.4. The maximum absolute atomic E-state index is 5.80. The first-order valence-electron chi connectivity index (χ1n) is 3.89. The molecule has 0 fully saturated rings. The van der Waals surface area contributed by atoms with Crippen LogP contribution < -0.4 is 11.1 Å². The van der Waals surface area contributed by atoms with Gasteiger partial charge < -0.3 is 11.1 Å². The van der Waals surface area contributed by atoms with E-state index in [2.05, 4.69) is 10.3 Å². The fourth-order valence-corrected chi connectivity index (χ4v) is 1.03. The first-order chi connectivity index (χ1) is 5.84. The third-order valence-electron chi connectivity index (χ3n) is 1.46. The summed E-state index contributed by atoms with van der Waals surface area (Å²) in [7, 11) is 0. The lowest BCUT2D eigenvalue weighted by molar-refractivity contribution is 0.874. The summed E-state index contributed by atoms with van der Waals surface area (Å²) in [5.41, 5.74) is 6.21.